The standard InChI is InChI=1S/C9H10F4O2.C8H17NO2/c1-6(15-3-2-14)9(13)8(12)4-7(11)5-10;1-6(9)5-7(10)11-8(2,3)4/h4,14H,1-3,5H2;6H,5,9H2,1-4H3/b7-4+,9-8-;. The van der Waals surface area contributed by atoms with Gasteiger partial charge < -0.3 is 20.3 Å². The Morgan fingerprint density at radius 3 is 2.23 bits per heavy atom. The van der Waals surface area contributed by atoms with Crippen molar-refractivity contribution in [3.8, 4) is 0 Å². The molecule has 0 aliphatic heterocycles. The summed E-state index contributed by atoms with van der Waals surface area (Å²) < 4.78 is 58.8. The first-order valence-electron chi connectivity index (χ1n) is 7.71. The van der Waals surface area contributed by atoms with Gasteiger partial charge in [-0.05, 0) is 27.7 Å². The average Bonchev–Trinajstić information content (AvgIpc) is 2.49. The summed E-state index contributed by atoms with van der Waals surface area (Å²) in [6, 6.07) is -0.121. The Balaban J connectivity index is 0. The van der Waals surface area contributed by atoms with E-state index in [1.54, 1.807) is 6.92 Å². The highest BCUT2D eigenvalue weighted by molar-refractivity contribution is 5.70. The Morgan fingerprint density at radius 1 is 1.31 bits per heavy atom. The third-order valence-electron chi connectivity index (χ3n) is 2.14. The Bertz CT molecular complexity index is 511. The van der Waals surface area contributed by atoms with E-state index >= 15 is 0 Å². The van der Waals surface area contributed by atoms with Crippen molar-refractivity contribution in [1.29, 1.82) is 0 Å². The Hall–Kier alpha value is -1.87. The predicted molar refractivity (Wildman–Crippen MR) is 90.7 cm³/mol. The van der Waals surface area contributed by atoms with Gasteiger partial charge in [0.15, 0.2) is 17.4 Å². The number of alkyl halides is 1. The molecular formula is C17H27F4NO4. The van der Waals surface area contributed by atoms with Crippen molar-refractivity contribution in [2.24, 2.45) is 5.73 Å². The molecule has 26 heavy (non-hydrogen) atoms. The summed E-state index contributed by atoms with van der Waals surface area (Å²) in [5.74, 6) is -5.52. The second kappa shape index (κ2) is 13.3. The van der Waals surface area contributed by atoms with Crippen LogP contribution in [0.1, 0.15) is 34.1 Å². The van der Waals surface area contributed by atoms with Crippen LogP contribution in [0.5, 0.6) is 0 Å². The number of hydrogen-bond donors (Lipinski definition) is 2. The van der Waals surface area contributed by atoms with E-state index in [9.17, 15) is 22.4 Å². The molecule has 0 aliphatic rings. The normalized spacial score (nSPS) is 13.8. The van der Waals surface area contributed by atoms with E-state index in [1.807, 2.05) is 20.8 Å². The van der Waals surface area contributed by atoms with E-state index in [0.29, 0.717) is 0 Å². The van der Waals surface area contributed by atoms with Crippen molar-refractivity contribution in [2.45, 2.75) is 45.8 Å². The van der Waals surface area contributed by atoms with Crippen LogP contribution in [0.3, 0.4) is 0 Å². The minimum Gasteiger partial charge on any atom is -0.489 e. The first kappa shape index (κ1) is 26.4. The van der Waals surface area contributed by atoms with Gasteiger partial charge in [-0.2, -0.15) is 4.39 Å². The lowest BCUT2D eigenvalue weighted by molar-refractivity contribution is -0.155. The molecule has 0 spiro atoms. The van der Waals surface area contributed by atoms with E-state index in [2.05, 4.69) is 11.3 Å². The molecule has 0 heterocycles. The van der Waals surface area contributed by atoms with Gasteiger partial charge in [-0.15, -0.1) is 0 Å². The van der Waals surface area contributed by atoms with Crippen molar-refractivity contribution in [1.82, 2.24) is 0 Å². The molecule has 1 unspecified atom stereocenters. The van der Waals surface area contributed by atoms with Gasteiger partial charge in [0.2, 0.25) is 0 Å². The van der Waals surface area contributed by atoms with Crippen LogP contribution in [-0.4, -0.2) is 42.6 Å². The Labute approximate surface area is 151 Å². The lowest BCUT2D eigenvalue weighted by atomic mass is 10.2. The van der Waals surface area contributed by atoms with Crippen molar-refractivity contribution >= 4 is 5.97 Å². The second-order valence-electron chi connectivity index (χ2n) is 6.15. The minimum absolute atomic E-state index is 0.0584. The fraction of sp³-hybridized carbons (Fsp3) is 0.588. The fourth-order valence-corrected chi connectivity index (χ4v) is 1.25. The summed E-state index contributed by atoms with van der Waals surface area (Å²) in [5, 5.41) is 8.30. The van der Waals surface area contributed by atoms with Crippen molar-refractivity contribution < 1.29 is 36.9 Å². The van der Waals surface area contributed by atoms with Crippen LogP contribution in [0.15, 0.2) is 35.9 Å². The van der Waals surface area contributed by atoms with Gasteiger partial charge in [-0.3, -0.25) is 4.79 Å². The van der Waals surface area contributed by atoms with Gasteiger partial charge in [-0.25, -0.2) is 13.2 Å². The van der Waals surface area contributed by atoms with Crippen molar-refractivity contribution in [3.05, 3.63) is 35.9 Å². The molecule has 3 N–H and O–H groups in total. The van der Waals surface area contributed by atoms with Gasteiger partial charge in [0.1, 0.15) is 24.7 Å². The summed E-state index contributed by atoms with van der Waals surface area (Å²) >= 11 is 0. The van der Waals surface area contributed by atoms with E-state index < -0.39 is 42.1 Å². The fourth-order valence-electron chi connectivity index (χ4n) is 1.25. The van der Waals surface area contributed by atoms with E-state index in [4.69, 9.17) is 15.6 Å². The second-order valence-corrected chi connectivity index (χ2v) is 6.15. The average molecular weight is 385 g/mol. The number of halogens is 4. The molecule has 1 atom stereocenters. The lowest BCUT2D eigenvalue weighted by Gasteiger charge is -2.19. The summed E-state index contributed by atoms with van der Waals surface area (Å²) in [5.41, 5.74) is 5.01. The molecule has 0 rings (SSSR count). The van der Waals surface area contributed by atoms with Crippen LogP contribution in [0.2, 0.25) is 0 Å². The topological polar surface area (TPSA) is 81.8 Å². The van der Waals surface area contributed by atoms with E-state index in [0.717, 1.165) is 0 Å². The maximum Gasteiger partial charge on any atom is 0.307 e. The Kier molecular flexibility index (Phi) is 13.5. The number of carbonyl (C=O) groups is 1. The smallest absolute Gasteiger partial charge is 0.307 e. The first-order valence-corrected chi connectivity index (χ1v) is 7.71. The maximum absolute atomic E-state index is 12.9. The number of ether oxygens (including phenoxy) is 2. The van der Waals surface area contributed by atoms with Gasteiger partial charge >= 0.3 is 5.97 Å². The van der Waals surface area contributed by atoms with Crippen LogP contribution in [-0.2, 0) is 14.3 Å². The SMILES string of the molecule is C=C(OCCO)/C(F)=C(F)\C=C(\F)CF.CC(N)CC(=O)OC(C)(C)C. The molecule has 0 fully saturated rings. The summed E-state index contributed by atoms with van der Waals surface area (Å²) in [6.45, 7) is 8.10. The number of hydrogen-bond acceptors (Lipinski definition) is 5. The number of carbonyl (C=O) groups excluding carboxylic acids is 1. The zero-order chi connectivity index (χ0) is 20.9. The quantitative estimate of drug-likeness (QED) is 0.289. The van der Waals surface area contributed by atoms with Gasteiger partial charge in [-0.1, -0.05) is 6.58 Å². The lowest BCUT2D eigenvalue weighted by Crippen LogP contribution is -2.28. The highest BCUT2D eigenvalue weighted by atomic mass is 19.2. The molecule has 0 saturated heterocycles. The number of rotatable bonds is 8. The molecule has 0 aromatic rings. The minimum atomic E-state index is -1.62. The number of aliphatic hydroxyl groups excluding tert-OH is 1. The van der Waals surface area contributed by atoms with Crippen LogP contribution >= 0.6 is 0 Å². The molecule has 0 aromatic carbocycles. The maximum atomic E-state index is 12.9. The number of aliphatic hydroxyl groups is 1. The van der Waals surface area contributed by atoms with E-state index in [-0.39, 0.29) is 31.1 Å². The summed E-state index contributed by atoms with van der Waals surface area (Å²) in [6.07, 6.45) is 0.347. The van der Waals surface area contributed by atoms with Crippen molar-refractivity contribution in [2.75, 3.05) is 19.9 Å². The molecule has 0 amide bonds. The molecule has 152 valence electrons. The number of nitrogens with two attached hydrogens (primary N) is 1. The molecule has 0 radical (unpaired) electrons. The monoisotopic (exact) mass is 385 g/mol. The van der Waals surface area contributed by atoms with Crippen LogP contribution in [0.25, 0.3) is 0 Å². The third kappa shape index (κ3) is 15.6. The third-order valence-corrected chi connectivity index (χ3v) is 2.14. The molecule has 0 aliphatic carbocycles. The largest absolute Gasteiger partial charge is 0.489 e. The first-order chi connectivity index (χ1) is 11.8. The predicted octanol–water partition coefficient (Wildman–Crippen LogP) is 3.55. The van der Waals surface area contributed by atoms with Gasteiger partial charge in [0.25, 0.3) is 0 Å². The molecule has 0 bridgehead atoms. The van der Waals surface area contributed by atoms with Crippen molar-refractivity contribution in [3.63, 3.8) is 0 Å². The molecule has 0 aromatic heterocycles. The molecular weight excluding hydrogens is 358 g/mol. The highest BCUT2D eigenvalue weighted by Crippen LogP contribution is 2.19. The summed E-state index contributed by atoms with van der Waals surface area (Å²) in [4.78, 5) is 11.0. The summed E-state index contributed by atoms with van der Waals surface area (Å²) in [7, 11) is 0. The molecule has 9 heteroatoms. The van der Waals surface area contributed by atoms with E-state index in [1.165, 1.54) is 0 Å². The van der Waals surface area contributed by atoms with Gasteiger partial charge in [0, 0.05) is 12.1 Å². The van der Waals surface area contributed by atoms with Crippen LogP contribution in [0.4, 0.5) is 17.6 Å². The molecule has 0 saturated carbocycles. The zero-order valence-corrected chi connectivity index (χ0v) is 15.5. The number of allylic oxidation sites excluding steroid dienone is 4. The van der Waals surface area contributed by atoms with Crippen LogP contribution < -0.4 is 5.73 Å². The number of esters is 1. The van der Waals surface area contributed by atoms with Gasteiger partial charge in [0.05, 0.1) is 13.0 Å². The van der Waals surface area contributed by atoms with Crippen LogP contribution in [0, 0.1) is 0 Å². The zero-order valence-electron chi connectivity index (χ0n) is 15.5. The Morgan fingerprint density at radius 2 is 1.85 bits per heavy atom. The highest BCUT2D eigenvalue weighted by Gasteiger charge is 2.16. The molecule has 5 nitrogen and oxygen atoms in total.